The molecule has 92 valence electrons. The number of halogens is 1. The van der Waals surface area contributed by atoms with Gasteiger partial charge in [-0.2, -0.15) is 0 Å². The third-order valence-electron chi connectivity index (χ3n) is 2.44. The summed E-state index contributed by atoms with van der Waals surface area (Å²) in [7, 11) is 1.55. The molecule has 0 aliphatic carbocycles. The second-order valence-corrected chi connectivity index (χ2v) is 3.96. The smallest absolute Gasteiger partial charge is 0.247 e. The van der Waals surface area contributed by atoms with Crippen molar-refractivity contribution in [3.8, 4) is 5.75 Å². The van der Waals surface area contributed by atoms with E-state index in [1.54, 1.807) is 31.5 Å². The number of nitrogens with one attached hydrogen (secondary N) is 1. The average molecular weight is 263 g/mol. The Kier molecular flexibility index (Phi) is 3.48. The van der Waals surface area contributed by atoms with E-state index in [2.05, 4.69) is 16.9 Å². The van der Waals surface area contributed by atoms with Gasteiger partial charge in [-0.25, -0.2) is 0 Å². The topological polar surface area (TPSA) is 51.2 Å². The van der Waals surface area contributed by atoms with Crippen molar-refractivity contribution in [3.63, 3.8) is 0 Å². The van der Waals surface area contributed by atoms with Crippen LogP contribution < -0.4 is 10.1 Å². The largest absolute Gasteiger partial charge is 0.497 e. The number of ether oxygens (including phenoxy) is 1. The minimum atomic E-state index is -0.314. The zero-order valence-electron chi connectivity index (χ0n) is 9.74. The van der Waals surface area contributed by atoms with Gasteiger partial charge < -0.3 is 10.1 Å². The molecule has 1 N–H and O–H groups in total. The molecule has 0 spiro atoms. The van der Waals surface area contributed by atoms with Gasteiger partial charge in [-0.15, -0.1) is 0 Å². The Balaban J connectivity index is 2.66. The zero-order valence-corrected chi connectivity index (χ0v) is 10.5. The van der Waals surface area contributed by atoms with Crippen LogP contribution in [-0.2, 0) is 4.79 Å². The van der Waals surface area contributed by atoms with E-state index in [4.69, 9.17) is 16.3 Å². The second kappa shape index (κ2) is 5.06. The van der Waals surface area contributed by atoms with Gasteiger partial charge in [0.2, 0.25) is 5.91 Å². The van der Waals surface area contributed by atoms with Gasteiger partial charge in [0, 0.05) is 17.6 Å². The van der Waals surface area contributed by atoms with Gasteiger partial charge in [0.25, 0.3) is 0 Å². The summed E-state index contributed by atoms with van der Waals surface area (Å²) in [4.78, 5) is 15.6. The molecule has 0 atom stereocenters. The Hall–Kier alpha value is -2.07. The van der Waals surface area contributed by atoms with E-state index >= 15 is 0 Å². The molecule has 0 bridgehead atoms. The molecule has 0 aliphatic rings. The number of amides is 1. The molecular formula is C13H11ClN2O2. The fourth-order valence-electron chi connectivity index (χ4n) is 1.59. The standard InChI is InChI=1S/C13H11ClN2O2/c1-3-12(17)16-11-7-8(18-2)6-9-10(14)4-5-15-13(9)11/h3-7H,1H2,2H3,(H,16,17). The molecule has 1 amide bonds. The van der Waals surface area contributed by atoms with Crippen LogP contribution in [0.5, 0.6) is 5.75 Å². The monoisotopic (exact) mass is 262 g/mol. The molecule has 1 aromatic carbocycles. The van der Waals surface area contributed by atoms with Gasteiger partial charge in [-0.3, -0.25) is 9.78 Å². The lowest BCUT2D eigenvalue weighted by atomic mass is 10.1. The number of nitrogens with zero attached hydrogens (tertiary/aromatic N) is 1. The molecule has 0 fully saturated rings. The minimum absolute atomic E-state index is 0.314. The van der Waals surface area contributed by atoms with Gasteiger partial charge in [0.05, 0.1) is 23.3 Å². The van der Waals surface area contributed by atoms with E-state index in [-0.39, 0.29) is 5.91 Å². The number of rotatable bonds is 3. The molecule has 4 nitrogen and oxygen atoms in total. The van der Waals surface area contributed by atoms with Crippen molar-refractivity contribution in [3.05, 3.63) is 42.1 Å². The highest BCUT2D eigenvalue weighted by atomic mass is 35.5. The maximum atomic E-state index is 11.4. The SMILES string of the molecule is C=CC(=O)Nc1cc(OC)cc2c(Cl)ccnc12. The molecule has 0 unspecified atom stereocenters. The lowest BCUT2D eigenvalue weighted by molar-refractivity contribution is -0.111. The fourth-order valence-corrected chi connectivity index (χ4v) is 1.79. The second-order valence-electron chi connectivity index (χ2n) is 3.56. The molecule has 1 heterocycles. The Bertz CT molecular complexity index is 626. The van der Waals surface area contributed by atoms with Gasteiger partial charge in [0.15, 0.2) is 0 Å². The van der Waals surface area contributed by atoms with Crippen LogP contribution >= 0.6 is 11.6 Å². The summed E-state index contributed by atoms with van der Waals surface area (Å²) in [6, 6.07) is 5.14. The lowest BCUT2D eigenvalue weighted by Crippen LogP contribution is -2.08. The molecule has 2 aromatic rings. The lowest BCUT2D eigenvalue weighted by Gasteiger charge is -2.10. The number of methoxy groups -OCH3 is 1. The first-order valence-corrected chi connectivity index (χ1v) is 5.59. The molecule has 0 saturated heterocycles. The summed E-state index contributed by atoms with van der Waals surface area (Å²) in [6.07, 6.45) is 2.77. The highest BCUT2D eigenvalue weighted by Gasteiger charge is 2.10. The first-order chi connectivity index (χ1) is 8.65. The quantitative estimate of drug-likeness (QED) is 0.865. The average Bonchev–Trinajstić information content (AvgIpc) is 2.39. The zero-order chi connectivity index (χ0) is 13.1. The first-order valence-electron chi connectivity index (χ1n) is 5.21. The number of anilines is 1. The Morgan fingerprint density at radius 1 is 1.56 bits per heavy atom. The van der Waals surface area contributed by atoms with E-state index in [1.165, 1.54) is 6.08 Å². The molecular weight excluding hydrogens is 252 g/mol. The van der Waals surface area contributed by atoms with Crippen LogP contribution in [0.2, 0.25) is 5.02 Å². The molecule has 0 radical (unpaired) electrons. The number of carbonyl (C=O) groups is 1. The van der Waals surface area contributed by atoms with Crippen molar-refractivity contribution in [2.75, 3.05) is 12.4 Å². The van der Waals surface area contributed by atoms with Crippen LogP contribution in [0.25, 0.3) is 10.9 Å². The van der Waals surface area contributed by atoms with Gasteiger partial charge >= 0.3 is 0 Å². The van der Waals surface area contributed by atoms with Crippen LogP contribution in [0.15, 0.2) is 37.1 Å². The van der Waals surface area contributed by atoms with Crippen LogP contribution in [0.3, 0.4) is 0 Å². The van der Waals surface area contributed by atoms with Crippen molar-refractivity contribution in [1.82, 2.24) is 4.98 Å². The number of carbonyl (C=O) groups excluding carboxylic acids is 1. The Labute approximate surface area is 109 Å². The maximum Gasteiger partial charge on any atom is 0.247 e. The molecule has 0 saturated carbocycles. The van der Waals surface area contributed by atoms with Crippen molar-refractivity contribution >= 4 is 34.1 Å². The summed E-state index contributed by atoms with van der Waals surface area (Å²) >= 11 is 6.10. The van der Waals surface area contributed by atoms with Gasteiger partial charge in [-0.1, -0.05) is 18.2 Å². The fraction of sp³-hybridized carbons (Fsp3) is 0.0769. The number of fused-ring (bicyclic) bond motifs is 1. The summed E-state index contributed by atoms with van der Waals surface area (Å²) in [5, 5.41) is 3.95. The predicted molar refractivity (Wildman–Crippen MR) is 72.1 cm³/mol. The summed E-state index contributed by atoms with van der Waals surface area (Å²) in [6.45, 7) is 3.41. The number of hydrogen-bond acceptors (Lipinski definition) is 3. The van der Waals surface area contributed by atoms with E-state index in [0.29, 0.717) is 22.0 Å². The minimum Gasteiger partial charge on any atom is -0.497 e. The third-order valence-corrected chi connectivity index (χ3v) is 2.77. The van der Waals surface area contributed by atoms with Gasteiger partial charge in [0.1, 0.15) is 5.75 Å². The number of hydrogen-bond donors (Lipinski definition) is 1. The maximum absolute atomic E-state index is 11.4. The highest BCUT2D eigenvalue weighted by molar-refractivity contribution is 6.35. The highest BCUT2D eigenvalue weighted by Crippen LogP contribution is 2.32. The molecule has 2 rings (SSSR count). The van der Waals surface area contributed by atoms with Crippen LogP contribution in [-0.4, -0.2) is 18.0 Å². The summed E-state index contributed by atoms with van der Waals surface area (Å²) in [5.74, 6) is 0.281. The number of aromatic nitrogens is 1. The Morgan fingerprint density at radius 2 is 2.33 bits per heavy atom. The molecule has 5 heteroatoms. The number of pyridine rings is 1. The summed E-state index contributed by atoms with van der Waals surface area (Å²) in [5.41, 5.74) is 1.15. The van der Waals surface area contributed by atoms with E-state index in [1.807, 2.05) is 0 Å². The van der Waals surface area contributed by atoms with Crippen LogP contribution in [0, 0.1) is 0 Å². The Morgan fingerprint density at radius 3 is 3.00 bits per heavy atom. The molecule has 1 aromatic heterocycles. The summed E-state index contributed by atoms with van der Waals surface area (Å²) < 4.78 is 5.17. The van der Waals surface area contributed by atoms with Crippen molar-refractivity contribution in [2.45, 2.75) is 0 Å². The normalized spacial score (nSPS) is 10.1. The number of benzene rings is 1. The predicted octanol–water partition coefficient (Wildman–Crippen LogP) is 3.02. The van der Waals surface area contributed by atoms with E-state index in [9.17, 15) is 4.79 Å². The van der Waals surface area contributed by atoms with Crippen molar-refractivity contribution in [2.24, 2.45) is 0 Å². The molecule has 18 heavy (non-hydrogen) atoms. The van der Waals surface area contributed by atoms with Crippen LogP contribution in [0.1, 0.15) is 0 Å². The van der Waals surface area contributed by atoms with Crippen LogP contribution in [0.4, 0.5) is 5.69 Å². The van der Waals surface area contributed by atoms with Crippen molar-refractivity contribution < 1.29 is 9.53 Å². The van der Waals surface area contributed by atoms with E-state index in [0.717, 1.165) is 5.39 Å². The molecule has 0 aliphatic heterocycles. The van der Waals surface area contributed by atoms with E-state index < -0.39 is 0 Å². The first kappa shape index (κ1) is 12.4. The third kappa shape index (κ3) is 2.28. The van der Waals surface area contributed by atoms with Crippen molar-refractivity contribution in [1.29, 1.82) is 0 Å². The van der Waals surface area contributed by atoms with Gasteiger partial charge in [-0.05, 0) is 18.2 Å².